The summed E-state index contributed by atoms with van der Waals surface area (Å²) in [7, 11) is 0. The van der Waals surface area contributed by atoms with Crippen molar-refractivity contribution in [1.82, 2.24) is 0 Å². The Balaban J connectivity index is 2.22. The molecule has 1 aromatic carbocycles. The zero-order valence-corrected chi connectivity index (χ0v) is 9.05. The van der Waals surface area contributed by atoms with Crippen LogP contribution in [-0.2, 0) is 12.8 Å². The summed E-state index contributed by atoms with van der Waals surface area (Å²) in [5.41, 5.74) is 3.02. The molecule has 0 N–H and O–H groups in total. The van der Waals surface area contributed by atoms with E-state index in [0.29, 0.717) is 0 Å². The van der Waals surface area contributed by atoms with Crippen LogP contribution in [0.5, 0.6) is 5.75 Å². The van der Waals surface area contributed by atoms with Gasteiger partial charge in [-0.2, -0.15) is 0 Å². The lowest BCUT2D eigenvalue weighted by Gasteiger charge is -2.21. The SMILES string of the molecule is CCOc1ccc2c(c1)CCC(C)C2. The zero-order valence-electron chi connectivity index (χ0n) is 9.05. The van der Waals surface area contributed by atoms with Gasteiger partial charge in [0.25, 0.3) is 0 Å². The number of benzene rings is 1. The van der Waals surface area contributed by atoms with Crippen molar-refractivity contribution < 1.29 is 4.74 Å². The van der Waals surface area contributed by atoms with Gasteiger partial charge in [0.15, 0.2) is 0 Å². The molecule has 0 saturated carbocycles. The lowest BCUT2D eigenvalue weighted by Crippen LogP contribution is -2.11. The topological polar surface area (TPSA) is 9.23 Å². The molecule has 1 nitrogen and oxygen atoms in total. The van der Waals surface area contributed by atoms with Crippen LogP contribution in [0.25, 0.3) is 0 Å². The molecule has 0 saturated heterocycles. The zero-order chi connectivity index (χ0) is 9.97. The summed E-state index contributed by atoms with van der Waals surface area (Å²) >= 11 is 0. The Morgan fingerprint density at radius 1 is 1.36 bits per heavy atom. The molecule has 1 aromatic rings. The Bertz CT molecular complexity index is 317. The summed E-state index contributed by atoms with van der Waals surface area (Å²) in [5.74, 6) is 1.88. The van der Waals surface area contributed by atoms with Gasteiger partial charge in [0.1, 0.15) is 5.75 Å². The van der Waals surface area contributed by atoms with Crippen molar-refractivity contribution in [2.45, 2.75) is 33.1 Å². The highest BCUT2D eigenvalue weighted by Gasteiger charge is 2.15. The van der Waals surface area contributed by atoms with Gasteiger partial charge in [-0.15, -0.1) is 0 Å². The second-order valence-electron chi connectivity index (χ2n) is 4.21. The first kappa shape index (κ1) is 9.57. The van der Waals surface area contributed by atoms with Crippen LogP contribution in [0, 0.1) is 5.92 Å². The van der Waals surface area contributed by atoms with Crippen LogP contribution in [0.2, 0.25) is 0 Å². The largest absolute Gasteiger partial charge is 0.494 e. The van der Waals surface area contributed by atoms with E-state index in [1.54, 1.807) is 0 Å². The van der Waals surface area contributed by atoms with E-state index in [0.717, 1.165) is 18.3 Å². The quantitative estimate of drug-likeness (QED) is 0.695. The van der Waals surface area contributed by atoms with E-state index >= 15 is 0 Å². The van der Waals surface area contributed by atoms with Gasteiger partial charge in [0.2, 0.25) is 0 Å². The minimum atomic E-state index is 0.759. The van der Waals surface area contributed by atoms with Gasteiger partial charge in [-0.3, -0.25) is 0 Å². The van der Waals surface area contributed by atoms with Crippen LogP contribution in [0.1, 0.15) is 31.4 Å². The molecule has 14 heavy (non-hydrogen) atoms. The van der Waals surface area contributed by atoms with Crippen molar-refractivity contribution in [2.75, 3.05) is 6.61 Å². The van der Waals surface area contributed by atoms with Gasteiger partial charge in [0.05, 0.1) is 6.61 Å². The normalized spacial score (nSPS) is 20.3. The minimum Gasteiger partial charge on any atom is -0.494 e. The van der Waals surface area contributed by atoms with E-state index in [1.165, 1.54) is 30.4 Å². The second kappa shape index (κ2) is 4.04. The van der Waals surface area contributed by atoms with Crippen LogP contribution >= 0.6 is 0 Å². The summed E-state index contributed by atoms with van der Waals surface area (Å²) in [6.07, 6.45) is 3.78. The predicted molar refractivity (Wildman–Crippen MR) is 58.8 cm³/mol. The predicted octanol–water partition coefficient (Wildman–Crippen LogP) is 3.21. The summed E-state index contributed by atoms with van der Waals surface area (Å²) in [6.45, 7) is 5.12. The number of fused-ring (bicyclic) bond motifs is 1. The molecule has 0 aliphatic heterocycles. The van der Waals surface area contributed by atoms with E-state index in [-0.39, 0.29) is 0 Å². The lowest BCUT2D eigenvalue weighted by molar-refractivity contribution is 0.339. The van der Waals surface area contributed by atoms with Gasteiger partial charge in [0, 0.05) is 0 Å². The Hall–Kier alpha value is -0.980. The van der Waals surface area contributed by atoms with Crippen LogP contribution in [0.15, 0.2) is 18.2 Å². The first-order valence-electron chi connectivity index (χ1n) is 5.54. The van der Waals surface area contributed by atoms with Gasteiger partial charge in [-0.1, -0.05) is 13.0 Å². The molecule has 1 heteroatoms. The van der Waals surface area contributed by atoms with Gasteiger partial charge < -0.3 is 4.74 Å². The maximum atomic E-state index is 5.50. The molecule has 1 atom stereocenters. The number of ether oxygens (including phenoxy) is 1. The monoisotopic (exact) mass is 190 g/mol. The first-order chi connectivity index (χ1) is 6.79. The molecular weight excluding hydrogens is 172 g/mol. The third-order valence-corrected chi connectivity index (χ3v) is 2.96. The number of hydrogen-bond acceptors (Lipinski definition) is 1. The standard InChI is InChI=1S/C13H18O/c1-3-14-13-7-6-11-8-10(2)4-5-12(11)9-13/h6-7,9-10H,3-5,8H2,1-2H3. The smallest absolute Gasteiger partial charge is 0.119 e. The Labute approximate surface area is 86.1 Å². The summed E-state index contributed by atoms with van der Waals surface area (Å²) in [4.78, 5) is 0. The fourth-order valence-electron chi connectivity index (χ4n) is 2.17. The molecule has 1 aliphatic carbocycles. The van der Waals surface area contributed by atoms with Gasteiger partial charge >= 0.3 is 0 Å². The number of rotatable bonds is 2. The van der Waals surface area contributed by atoms with Crippen LogP contribution in [0.4, 0.5) is 0 Å². The summed E-state index contributed by atoms with van der Waals surface area (Å²) in [5, 5.41) is 0. The fourth-order valence-corrected chi connectivity index (χ4v) is 2.17. The molecule has 76 valence electrons. The molecule has 1 unspecified atom stereocenters. The van der Waals surface area contributed by atoms with Gasteiger partial charge in [-0.25, -0.2) is 0 Å². The second-order valence-corrected chi connectivity index (χ2v) is 4.21. The molecule has 0 radical (unpaired) electrons. The fraction of sp³-hybridized carbons (Fsp3) is 0.538. The van der Waals surface area contributed by atoms with Crippen LogP contribution in [-0.4, -0.2) is 6.61 Å². The Morgan fingerprint density at radius 3 is 3.00 bits per heavy atom. The lowest BCUT2D eigenvalue weighted by atomic mass is 9.85. The Kier molecular flexibility index (Phi) is 2.76. The average molecular weight is 190 g/mol. The first-order valence-corrected chi connectivity index (χ1v) is 5.54. The van der Waals surface area contributed by atoms with Crippen molar-refractivity contribution in [1.29, 1.82) is 0 Å². The molecular formula is C13H18O. The molecule has 2 rings (SSSR count). The molecule has 0 aromatic heterocycles. The number of hydrogen-bond donors (Lipinski definition) is 0. The number of aryl methyl sites for hydroxylation is 1. The van der Waals surface area contributed by atoms with E-state index in [9.17, 15) is 0 Å². The summed E-state index contributed by atoms with van der Waals surface area (Å²) < 4.78 is 5.50. The van der Waals surface area contributed by atoms with Crippen molar-refractivity contribution in [3.8, 4) is 5.75 Å². The highest BCUT2D eigenvalue weighted by atomic mass is 16.5. The van der Waals surface area contributed by atoms with Crippen LogP contribution < -0.4 is 4.74 Å². The van der Waals surface area contributed by atoms with E-state index in [2.05, 4.69) is 25.1 Å². The third kappa shape index (κ3) is 1.92. The van der Waals surface area contributed by atoms with Crippen molar-refractivity contribution in [3.63, 3.8) is 0 Å². The van der Waals surface area contributed by atoms with E-state index in [4.69, 9.17) is 4.74 Å². The van der Waals surface area contributed by atoms with E-state index < -0.39 is 0 Å². The molecule has 0 spiro atoms. The Morgan fingerprint density at radius 2 is 2.21 bits per heavy atom. The third-order valence-electron chi connectivity index (χ3n) is 2.96. The van der Waals surface area contributed by atoms with Crippen molar-refractivity contribution in [2.24, 2.45) is 5.92 Å². The molecule has 0 heterocycles. The molecule has 0 amide bonds. The highest BCUT2D eigenvalue weighted by molar-refractivity contribution is 5.37. The molecule has 0 fully saturated rings. The van der Waals surface area contributed by atoms with Gasteiger partial charge in [-0.05, 0) is 55.4 Å². The van der Waals surface area contributed by atoms with Crippen molar-refractivity contribution >= 4 is 0 Å². The minimum absolute atomic E-state index is 0.759. The van der Waals surface area contributed by atoms with E-state index in [1.807, 2.05) is 6.92 Å². The highest BCUT2D eigenvalue weighted by Crippen LogP contribution is 2.28. The maximum Gasteiger partial charge on any atom is 0.119 e. The summed E-state index contributed by atoms with van der Waals surface area (Å²) in [6, 6.07) is 6.54. The van der Waals surface area contributed by atoms with Crippen LogP contribution in [0.3, 0.4) is 0 Å². The molecule has 0 bridgehead atoms. The average Bonchev–Trinajstić information content (AvgIpc) is 2.19. The maximum absolute atomic E-state index is 5.50. The molecule has 1 aliphatic rings. The van der Waals surface area contributed by atoms with Crippen molar-refractivity contribution in [3.05, 3.63) is 29.3 Å².